The summed E-state index contributed by atoms with van der Waals surface area (Å²) in [6, 6.07) is 0.445. The average molecular weight is 374 g/mol. The number of nitrogens with zero attached hydrogens (tertiary/aromatic N) is 2. The molecule has 1 fully saturated rings. The maximum Gasteiger partial charge on any atom is 0.283 e. The monoisotopic (exact) mass is 373 g/mol. The maximum atomic E-state index is 12.3. The van der Waals surface area contributed by atoms with Gasteiger partial charge in [0.15, 0.2) is 0 Å². The molecule has 1 aliphatic rings. The fraction of sp³-hybridized carbons (Fsp3) is 0.733. The Hall–Kier alpha value is -0.490. The van der Waals surface area contributed by atoms with Gasteiger partial charge in [0, 0.05) is 17.8 Å². The Bertz CT molecular complexity index is 520. The second-order valence-corrected chi connectivity index (χ2v) is 7.55. The minimum atomic E-state index is -0.0364. The molecule has 1 saturated carbocycles. The van der Waals surface area contributed by atoms with Gasteiger partial charge < -0.3 is 5.32 Å². The van der Waals surface area contributed by atoms with Gasteiger partial charge in [-0.3, -0.25) is 4.79 Å². The van der Waals surface area contributed by atoms with Crippen molar-refractivity contribution < 1.29 is 0 Å². The summed E-state index contributed by atoms with van der Waals surface area (Å²) in [5.41, 5.74) is 0.796. The van der Waals surface area contributed by atoms with Crippen molar-refractivity contribution in [1.82, 2.24) is 9.78 Å². The van der Waals surface area contributed by atoms with Crippen molar-refractivity contribution in [1.29, 1.82) is 0 Å². The van der Waals surface area contributed by atoms with Crippen molar-refractivity contribution in [2.24, 2.45) is 0 Å². The number of thioether (sulfide) groups is 1. The highest BCUT2D eigenvalue weighted by atomic mass is 79.9. The van der Waals surface area contributed by atoms with E-state index in [-0.39, 0.29) is 5.56 Å². The van der Waals surface area contributed by atoms with Crippen molar-refractivity contribution in [3.63, 3.8) is 0 Å². The van der Waals surface area contributed by atoms with E-state index in [0.717, 1.165) is 30.2 Å². The van der Waals surface area contributed by atoms with Crippen LogP contribution in [-0.4, -0.2) is 27.3 Å². The van der Waals surface area contributed by atoms with Gasteiger partial charge in [-0.2, -0.15) is 16.9 Å². The summed E-state index contributed by atoms with van der Waals surface area (Å²) in [5, 5.41) is 8.52. The van der Waals surface area contributed by atoms with Crippen LogP contribution in [0.15, 0.2) is 15.5 Å². The van der Waals surface area contributed by atoms with E-state index in [1.54, 1.807) is 10.9 Å². The number of aryl methyl sites for hydroxylation is 1. The number of rotatable bonds is 6. The minimum Gasteiger partial charge on any atom is -0.380 e. The van der Waals surface area contributed by atoms with E-state index in [1.807, 2.05) is 11.8 Å². The zero-order chi connectivity index (χ0) is 15.2. The Labute approximate surface area is 139 Å². The molecule has 1 aliphatic carbocycles. The third-order valence-electron chi connectivity index (χ3n) is 4.03. The number of anilines is 1. The summed E-state index contributed by atoms with van der Waals surface area (Å²) in [7, 11) is 0. The summed E-state index contributed by atoms with van der Waals surface area (Å²) >= 11 is 5.39. The zero-order valence-electron chi connectivity index (χ0n) is 12.8. The van der Waals surface area contributed by atoms with Crippen LogP contribution < -0.4 is 10.9 Å². The topological polar surface area (TPSA) is 46.9 Å². The van der Waals surface area contributed by atoms with Crippen LogP contribution in [0.3, 0.4) is 0 Å². The van der Waals surface area contributed by atoms with Crippen LogP contribution in [0.2, 0.25) is 0 Å². The molecule has 2 unspecified atom stereocenters. The Morgan fingerprint density at radius 1 is 1.52 bits per heavy atom. The molecule has 1 aromatic heterocycles. The molecule has 2 rings (SSSR count). The standard InChI is InChI=1S/C15H24BrN3OS/c1-3-4-8-19-15(20)14(16)13(10-17-19)18-11-6-5-7-12(9-11)21-2/h10-12,18H,3-9H2,1-2H3. The van der Waals surface area contributed by atoms with Crippen molar-refractivity contribution in [2.75, 3.05) is 11.6 Å². The molecule has 0 aliphatic heterocycles. The first-order chi connectivity index (χ1) is 10.2. The fourth-order valence-electron chi connectivity index (χ4n) is 2.74. The van der Waals surface area contributed by atoms with Crippen LogP contribution in [0.1, 0.15) is 45.4 Å². The molecule has 0 spiro atoms. The predicted octanol–water partition coefficient (Wildman–Crippen LogP) is 3.89. The maximum absolute atomic E-state index is 12.3. The molecule has 1 N–H and O–H groups in total. The van der Waals surface area contributed by atoms with Gasteiger partial charge in [-0.25, -0.2) is 4.68 Å². The van der Waals surface area contributed by atoms with E-state index in [4.69, 9.17) is 0 Å². The van der Waals surface area contributed by atoms with Gasteiger partial charge in [0.05, 0.1) is 11.9 Å². The molecule has 2 atom stereocenters. The lowest BCUT2D eigenvalue weighted by molar-refractivity contribution is 0.472. The smallest absolute Gasteiger partial charge is 0.283 e. The molecule has 1 heterocycles. The van der Waals surface area contributed by atoms with E-state index in [2.05, 4.69) is 39.5 Å². The van der Waals surface area contributed by atoms with Crippen LogP contribution >= 0.6 is 27.7 Å². The molecule has 4 nitrogen and oxygen atoms in total. The van der Waals surface area contributed by atoms with Crippen LogP contribution in [0.25, 0.3) is 0 Å². The van der Waals surface area contributed by atoms with Crippen molar-refractivity contribution in [3.05, 3.63) is 21.0 Å². The van der Waals surface area contributed by atoms with Gasteiger partial charge in [-0.05, 0) is 47.9 Å². The molecular formula is C15H24BrN3OS. The molecule has 1 aromatic rings. The number of aromatic nitrogens is 2. The highest BCUT2D eigenvalue weighted by Crippen LogP contribution is 2.29. The Morgan fingerprint density at radius 3 is 3.05 bits per heavy atom. The molecule has 0 radical (unpaired) electrons. The summed E-state index contributed by atoms with van der Waals surface area (Å²) in [4.78, 5) is 12.3. The normalized spacial score (nSPS) is 22.2. The highest BCUT2D eigenvalue weighted by molar-refractivity contribution is 9.10. The van der Waals surface area contributed by atoms with E-state index < -0.39 is 0 Å². The average Bonchev–Trinajstić information content (AvgIpc) is 2.51. The van der Waals surface area contributed by atoms with Gasteiger partial charge in [0.1, 0.15) is 4.47 Å². The lowest BCUT2D eigenvalue weighted by Crippen LogP contribution is -2.31. The van der Waals surface area contributed by atoms with Crippen molar-refractivity contribution >= 4 is 33.4 Å². The molecule has 0 bridgehead atoms. The van der Waals surface area contributed by atoms with Crippen LogP contribution in [0.5, 0.6) is 0 Å². The SMILES string of the molecule is CCCCn1ncc(NC2CCCC(SC)C2)c(Br)c1=O. The van der Waals surface area contributed by atoms with Gasteiger partial charge in [-0.1, -0.05) is 19.8 Å². The van der Waals surface area contributed by atoms with Gasteiger partial charge in [-0.15, -0.1) is 0 Å². The number of hydrogen-bond acceptors (Lipinski definition) is 4. The second kappa shape index (κ2) is 8.22. The Balaban J connectivity index is 2.06. The fourth-order valence-corrected chi connectivity index (χ4v) is 3.99. The zero-order valence-corrected chi connectivity index (χ0v) is 15.2. The largest absolute Gasteiger partial charge is 0.380 e. The van der Waals surface area contributed by atoms with Gasteiger partial charge in [0.25, 0.3) is 5.56 Å². The van der Waals surface area contributed by atoms with Crippen LogP contribution in [0.4, 0.5) is 5.69 Å². The van der Waals surface area contributed by atoms with Crippen molar-refractivity contribution in [2.45, 2.75) is 63.3 Å². The quantitative estimate of drug-likeness (QED) is 0.821. The third kappa shape index (κ3) is 4.49. The molecule has 21 heavy (non-hydrogen) atoms. The summed E-state index contributed by atoms with van der Waals surface area (Å²) in [6.45, 7) is 2.80. The molecule has 0 amide bonds. The molecule has 0 saturated heterocycles. The number of nitrogens with one attached hydrogen (secondary N) is 1. The Morgan fingerprint density at radius 2 is 2.33 bits per heavy atom. The van der Waals surface area contributed by atoms with Crippen LogP contribution in [-0.2, 0) is 6.54 Å². The lowest BCUT2D eigenvalue weighted by Gasteiger charge is -2.29. The van der Waals surface area contributed by atoms with Gasteiger partial charge in [0.2, 0.25) is 0 Å². The minimum absolute atomic E-state index is 0.0364. The molecular weight excluding hydrogens is 350 g/mol. The summed E-state index contributed by atoms with van der Waals surface area (Å²) in [6.07, 6.45) is 10.9. The van der Waals surface area contributed by atoms with Gasteiger partial charge >= 0.3 is 0 Å². The van der Waals surface area contributed by atoms with E-state index in [0.29, 0.717) is 17.1 Å². The Kier molecular flexibility index (Phi) is 6.61. The first-order valence-electron chi connectivity index (χ1n) is 7.70. The number of unbranched alkanes of at least 4 members (excludes halogenated alkanes) is 1. The van der Waals surface area contributed by atoms with E-state index >= 15 is 0 Å². The van der Waals surface area contributed by atoms with Crippen molar-refractivity contribution in [3.8, 4) is 0 Å². The lowest BCUT2D eigenvalue weighted by atomic mass is 9.95. The first kappa shape index (κ1) is 16.9. The molecule has 0 aromatic carbocycles. The number of hydrogen-bond donors (Lipinski definition) is 1. The number of halogens is 1. The second-order valence-electron chi connectivity index (χ2n) is 5.62. The third-order valence-corrected chi connectivity index (χ3v) is 5.89. The molecule has 118 valence electrons. The van der Waals surface area contributed by atoms with Crippen LogP contribution in [0, 0.1) is 0 Å². The predicted molar refractivity (Wildman–Crippen MR) is 94.3 cm³/mol. The summed E-state index contributed by atoms with van der Waals surface area (Å²) in [5.74, 6) is 0. The summed E-state index contributed by atoms with van der Waals surface area (Å²) < 4.78 is 2.16. The van der Waals surface area contributed by atoms with E-state index in [9.17, 15) is 4.79 Å². The first-order valence-corrected chi connectivity index (χ1v) is 9.78. The highest BCUT2D eigenvalue weighted by Gasteiger charge is 2.22. The van der Waals surface area contributed by atoms with E-state index in [1.165, 1.54) is 19.3 Å². The molecule has 6 heteroatoms.